The minimum atomic E-state index is -0.0363. The monoisotopic (exact) mass is 204 g/mol. The van der Waals surface area contributed by atoms with Crippen LogP contribution in [0.4, 0.5) is 0 Å². The Labute approximate surface area is 90.3 Å². The van der Waals surface area contributed by atoms with E-state index in [1.54, 1.807) is 0 Å². The largest absolute Gasteiger partial charge is 0.466 e. The van der Waals surface area contributed by atoms with Gasteiger partial charge in [-0.2, -0.15) is 0 Å². The standard InChI is InChI=1S/C13H16O2/c1-3-15-13(14)12-8-11(12)10-7-5-4-6-9(10)2/h4-7,11-12H,3,8H2,1-2H3/t11-,12+/m1/s1. The average Bonchev–Trinajstić information content (AvgIpc) is 2.98. The number of hydrogen-bond acceptors (Lipinski definition) is 2. The normalized spacial score (nSPS) is 23.6. The molecule has 0 aromatic heterocycles. The van der Waals surface area contributed by atoms with Crippen LogP contribution in [0.15, 0.2) is 24.3 Å². The molecule has 1 fully saturated rings. The first-order chi connectivity index (χ1) is 7.24. The summed E-state index contributed by atoms with van der Waals surface area (Å²) in [4.78, 5) is 11.5. The van der Waals surface area contributed by atoms with Crippen molar-refractivity contribution in [2.75, 3.05) is 6.61 Å². The van der Waals surface area contributed by atoms with Crippen molar-refractivity contribution in [1.82, 2.24) is 0 Å². The molecule has 0 N–H and O–H groups in total. The summed E-state index contributed by atoms with van der Waals surface area (Å²) < 4.78 is 5.02. The number of esters is 1. The molecule has 0 spiro atoms. The van der Waals surface area contributed by atoms with Gasteiger partial charge in [0.05, 0.1) is 12.5 Å². The lowest BCUT2D eigenvalue weighted by Gasteiger charge is -2.04. The Morgan fingerprint density at radius 1 is 1.47 bits per heavy atom. The molecule has 0 amide bonds. The van der Waals surface area contributed by atoms with E-state index >= 15 is 0 Å². The molecule has 1 aromatic carbocycles. The molecular formula is C13H16O2. The third-order valence-electron chi connectivity index (χ3n) is 2.97. The van der Waals surface area contributed by atoms with Crippen LogP contribution in [-0.2, 0) is 9.53 Å². The van der Waals surface area contributed by atoms with E-state index < -0.39 is 0 Å². The summed E-state index contributed by atoms with van der Waals surface area (Å²) in [7, 11) is 0. The molecule has 80 valence electrons. The Morgan fingerprint density at radius 2 is 2.20 bits per heavy atom. The molecule has 0 bridgehead atoms. The molecule has 0 unspecified atom stereocenters. The Balaban J connectivity index is 2.05. The van der Waals surface area contributed by atoms with Crippen molar-refractivity contribution in [2.45, 2.75) is 26.2 Å². The van der Waals surface area contributed by atoms with Gasteiger partial charge in [-0.1, -0.05) is 24.3 Å². The average molecular weight is 204 g/mol. The maximum absolute atomic E-state index is 11.5. The topological polar surface area (TPSA) is 26.3 Å². The Hall–Kier alpha value is -1.31. The second-order valence-electron chi connectivity index (χ2n) is 4.06. The molecule has 0 saturated heterocycles. The Bertz CT molecular complexity index is 371. The van der Waals surface area contributed by atoms with Crippen LogP contribution in [0, 0.1) is 12.8 Å². The van der Waals surface area contributed by atoms with E-state index in [9.17, 15) is 4.79 Å². The molecule has 1 aromatic rings. The SMILES string of the molecule is CCOC(=O)[C@H]1C[C@@H]1c1ccccc1C. The highest BCUT2D eigenvalue weighted by molar-refractivity contribution is 5.77. The number of hydrogen-bond donors (Lipinski definition) is 0. The first-order valence-electron chi connectivity index (χ1n) is 5.46. The zero-order chi connectivity index (χ0) is 10.8. The van der Waals surface area contributed by atoms with E-state index in [0.29, 0.717) is 12.5 Å². The van der Waals surface area contributed by atoms with Gasteiger partial charge in [-0.3, -0.25) is 4.79 Å². The summed E-state index contributed by atoms with van der Waals surface area (Å²) >= 11 is 0. The number of benzene rings is 1. The molecule has 0 aliphatic heterocycles. The fourth-order valence-corrected chi connectivity index (χ4v) is 2.05. The predicted octanol–water partition coefficient (Wildman–Crippen LogP) is 2.66. The maximum atomic E-state index is 11.5. The number of rotatable bonds is 3. The third-order valence-corrected chi connectivity index (χ3v) is 2.97. The molecule has 0 radical (unpaired) electrons. The van der Waals surface area contributed by atoms with E-state index in [-0.39, 0.29) is 11.9 Å². The van der Waals surface area contributed by atoms with Crippen LogP contribution >= 0.6 is 0 Å². The van der Waals surface area contributed by atoms with Gasteiger partial charge >= 0.3 is 5.97 Å². The fourth-order valence-electron chi connectivity index (χ4n) is 2.05. The zero-order valence-electron chi connectivity index (χ0n) is 9.19. The maximum Gasteiger partial charge on any atom is 0.309 e. The van der Waals surface area contributed by atoms with E-state index in [4.69, 9.17) is 4.74 Å². The zero-order valence-corrected chi connectivity index (χ0v) is 9.19. The van der Waals surface area contributed by atoms with Gasteiger partial charge in [-0.25, -0.2) is 0 Å². The molecule has 1 aliphatic carbocycles. The van der Waals surface area contributed by atoms with E-state index in [1.165, 1.54) is 11.1 Å². The first kappa shape index (κ1) is 10.2. The van der Waals surface area contributed by atoms with E-state index in [0.717, 1.165) is 6.42 Å². The van der Waals surface area contributed by atoms with Crippen LogP contribution < -0.4 is 0 Å². The second-order valence-corrected chi connectivity index (χ2v) is 4.06. The molecule has 2 atom stereocenters. The summed E-state index contributed by atoms with van der Waals surface area (Å²) in [6.45, 7) is 4.43. The predicted molar refractivity (Wildman–Crippen MR) is 58.7 cm³/mol. The van der Waals surface area contributed by atoms with Gasteiger partial charge in [0.25, 0.3) is 0 Å². The van der Waals surface area contributed by atoms with Crippen molar-refractivity contribution >= 4 is 5.97 Å². The highest BCUT2D eigenvalue weighted by Crippen LogP contribution is 2.49. The van der Waals surface area contributed by atoms with Gasteiger partial charge in [-0.15, -0.1) is 0 Å². The summed E-state index contributed by atoms with van der Waals surface area (Å²) in [6, 6.07) is 8.26. The van der Waals surface area contributed by atoms with Gasteiger partial charge in [-0.05, 0) is 37.3 Å². The van der Waals surface area contributed by atoms with Crippen molar-refractivity contribution in [3.63, 3.8) is 0 Å². The van der Waals surface area contributed by atoms with Gasteiger partial charge in [0, 0.05) is 0 Å². The van der Waals surface area contributed by atoms with Crippen LogP contribution in [0.5, 0.6) is 0 Å². The lowest BCUT2D eigenvalue weighted by molar-refractivity contribution is -0.144. The van der Waals surface area contributed by atoms with E-state index in [1.807, 2.05) is 19.1 Å². The molecule has 15 heavy (non-hydrogen) atoms. The van der Waals surface area contributed by atoms with Gasteiger partial charge in [0.15, 0.2) is 0 Å². The molecule has 1 saturated carbocycles. The lowest BCUT2D eigenvalue weighted by Crippen LogP contribution is -2.07. The summed E-state index contributed by atoms with van der Waals surface area (Å²) in [5, 5.41) is 0. The minimum Gasteiger partial charge on any atom is -0.466 e. The van der Waals surface area contributed by atoms with Crippen LogP contribution in [0.2, 0.25) is 0 Å². The number of carbonyl (C=O) groups is 1. The quantitative estimate of drug-likeness (QED) is 0.707. The number of aryl methyl sites for hydroxylation is 1. The summed E-state index contributed by atoms with van der Waals surface area (Å²) in [6.07, 6.45) is 0.948. The van der Waals surface area contributed by atoms with Crippen molar-refractivity contribution in [3.8, 4) is 0 Å². The Kier molecular flexibility index (Phi) is 2.76. The highest BCUT2D eigenvalue weighted by Gasteiger charge is 2.45. The lowest BCUT2D eigenvalue weighted by atomic mass is 10.0. The Morgan fingerprint density at radius 3 is 2.87 bits per heavy atom. The minimum absolute atomic E-state index is 0.0363. The van der Waals surface area contributed by atoms with Crippen molar-refractivity contribution in [2.24, 2.45) is 5.92 Å². The number of ether oxygens (including phenoxy) is 1. The van der Waals surface area contributed by atoms with Crippen molar-refractivity contribution in [3.05, 3.63) is 35.4 Å². The number of carbonyl (C=O) groups excluding carboxylic acids is 1. The molecule has 2 rings (SSSR count). The van der Waals surface area contributed by atoms with Crippen LogP contribution in [0.25, 0.3) is 0 Å². The molecular weight excluding hydrogens is 188 g/mol. The molecule has 1 aliphatic rings. The van der Waals surface area contributed by atoms with Gasteiger partial charge < -0.3 is 4.74 Å². The van der Waals surface area contributed by atoms with Gasteiger partial charge in [0.1, 0.15) is 0 Å². The van der Waals surface area contributed by atoms with Crippen molar-refractivity contribution < 1.29 is 9.53 Å². The van der Waals surface area contributed by atoms with Crippen LogP contribution in [0.3, 0.4) is 0 Å². The summed E-state index contributed by atoms with van der Waals surface area (Å²) in [5.74, 6) is 0.460. The molecule has 0 heterocycles. The molecule has 2 nitrogen and oxygen atoms in total. The van der Waals surface area contributed by atoms with Crippen LogP contribution in [0.1, 0.15) is 30.4 Å². The third kappa shape index (κ3) is 2.04. The first-order valence-corrected chi connectivity index (χ1v) is 5.46. The second kappa shape index (κ2) is 4.05. The van der Waals surface area contributed by atoms with E-state index in [2.05, 4.69) is 19.1 Å². The van der Waals surface area contributed by atoms with Crippen molar-refractivity contribution in [1.29, 1.82) is 0 Å². The van der Waals surface area contributed by atoms with Gasteiger partial charge in [0.2, 0.25) is 0 Å². The highest BCUT2D eigenvalue weighted by atomic mass is 16.5. The fraction of sp³-hybridized carbons (Fsp3) is 0.462. The smallest absolute Gasteiger partial charge is 0.309 e. The molecule has 2 heteroatoms. The summed E-state index contributed by atoms with van der Waals surface area (Å²) in [5.41, 5.74) is 2.57. The van der Waals surface area contributed by atoms with Crippen LogP contribution in [-0.4, -0.2) is 12.6 Å².